The lowest BCUT2D eigenvalue weighted by Crippen LogP contribution is -2.18. The third kappa shape index (κ3) is 4.81. The second-order valence-corrected chi connectivity index (χ2v) is 15.0. The fraction of sp³-hybridized carbons (Fsp3) is 0.277. The van der Waals surface area contributed by atoms with Gasteiger partial charge in [0, 0.05) is 22.5 Å². The summed E-state index contributed by atoms with van der Waals surface area (Å²) in [4.78, 5) is 2.56. The molecule has 1 saturated carbocycles. The number of para-hydroxylation sites is 1. The van der Waals surface area contributed by atoms with E-state index in [-0.39, 0.29) is 5.41 Å². The molecule has 3 aliphatic carbocycles. The summed E-state index contributed by atoms with van der Waals surface area (Å²) in [7, 11) is 0. The van der Waals surface area contributed by atoms with Crippen LogP contribution in [0.4, 0.5) is 17.1 Å². The first kappa shape index (κ1) is 29.5. The third-order valence-electron chi connectivity index (χ3n) is 11.9. The molecule has 1 nitrogen and oxygen atoms in total. The number of aryl methyl sites for hydroxylation is 1. The first-order valence-electron chi connectivity index (χ1n) is 18.4. The van der Waals surface area contributed by atoms with Crippen LogP contribution in [0.3, 0.4) is 0 Å². The molecular formula is C47H45N. The van der Waals surface area contributed by atoms with Gasteiger partial charge in [-0.15, -0.1) is 0 Å². The van der Waals surface area contributed by atoms with Gasteiger partial charge < -0.3 is 4.90 Å². The number of fused-ring (bicyclic) bond motifs is 6. The molecule has 0 atom stereocenters. The molecule has 1 heteroatoms. The Labute approximate surface area is 286 Å². The lowest BCUT2D eigenvalue weighted by Gasteiger charge is -2.32. The van der Waals surface area contributed by atoms with Crippen LogP contribution in [0.15, 0.2) is 121 Å². The number of benzene rings is 6. The van der Waals surface area contributed by atoms with Crippen LogP contribution in [-0.2, 0) is 18.3 Å². The molecule has 0 spiro atoms. The van der Waals surface area contributed by atoms with Crippen LogP contribution in [0.2, 0.25) is 0 Å². The molecule has 6 aromatic rings. The summed E-state index contributed by atoms with van der Waals surface area (Å²) in [6.45, 7) is 4.82. The van der Waals surface area contributed by atoms with Crippen molar-refractivity contribution in [2.24, 2.45) is 0 Å². The Balaban J connectivity index is 1.20. The zero-order valence-corrected chi connectivity index (χ0v) is 28.4. The summed E-state index contributed by atoms with van der Waals surface area (Å²) in [6, 6.07) is 46.5. The standard InChI is InChI=1S/C47H45N/c1-47(2)43-30-25-34-16-7-9-20-41(34)46(43)42-29-28-37(31-44(42)47)48(45-22-11-10-19-40(45)33-13-4-3-5-14-33)36-26-23-35(24-27-36)39-21-12-17-32-15-6-8-18-38(32)39/h7,9-12,16-17,19-31,33H,3-6,8,13-15,18H2,1-2H3. The lowest BCUT2D eigenvalue weighted by molar-refractivity contribution is 0.444. The summed E-state index contributed by atoms with van der Waals surface area (Å²) < 4.78 is 0. The molecule has 0 saturated heterocycles. The maximum atomic E-state index is 2.56. The van der Waals surface area contributed by atoms with E-state index in [9.17, 15) is 0 Å². The van der Waals surface area contributed by atoms with Crippen molar-refractivity contribution in [2.45, 2.75) is 83.0 Å². The van der Waals surface area contributed by atoms with Gasteiger partial charge in [0.15, 0.2) is 0 Å². The van der Waals surface area contributed by atoms with Crippen LogP contribution in [0.25, 0.3) is 33.0 Å². The monoisotopic (exact) mass is 623 g/mol. The van der Waals surface area contributed by atoms with E-state index in [4.69, 9.17) is 0 Å². The number of hydrogen-bond donors (Lipinski definition) is 0. The van der Waals surface area contributed by atoms with Crippen LogP contribution >= 0.6 is 0 Å². The van der Waals surface area contributed by atoms with Crippen LogP contribution in [0, 0.1) is 0 Å². The van der Waals surface area contributed by atoms with E-state index in [1.165, 1.54) is 125 Å². The molecule has 0 radical (unpaired) electrons. The average Bonchev–Trinajstić information content (AvgIpc) is 3.38. The first-order valence-corrected chi connectivity index (χ1v) is 18.4. The molecule has 0 unspecified atom stereocenters. The fourth-order valence-corrected chi connectivity index (χ4v) is 9.35. The van der Waals surface area contributed by atoms with Gasteiger partial charge in [-0.25, -0.2) is 0 Å². The van der Waals surface area contributed by atoms with Gasteiger partial charge in [-0.2, -0.15) is 0 Å². The predicted octanol–water partition coefficient (Wildman–Crippen LogP) is 13.2. The molecule has 0 aliphatic heterocycles. The fourth-order valence-electron chi connectivity index (χ4n) is 9.35. The highest BCUT2D eigenvalue weighted by Gasteiger charge is 2.37. The molecule has 0 heterocycles. The van der Waals surface area contributed by atoms with E-state index >= 15 is 0 Å². The molecule has 238 valence electrons. The maximum Gasteiger partial charge on any atom is 0.0496 e. The first-order chi connectivity index (χ1) is 23.6. The topological polar surface area (TPSA) is 3.24 Å². The van der Waals surface area contributed by atoms with E-state index in [2.05, 4.69) is 140 Å². The molecule has 1 fully saturated rings. The quantitative estimate of drug-likeness (QED) is 0.185. The SMILES string of the molecule is CC1(C)c2cc(N(c3ccc(-c4cccc5c4CCCC5)cc3)c3ccccc3C3CCCCC3)ccc2-c2c1ccc1ccccc21. The number of anilines is 3. The van der Waals surface area contributed by atoms with Gasteiger partial charge >= 0.3 is 0 Å². The zero-order valence-electron chi connectivity index (χ0n) is 28.4. The van der Waals surface area contributed by atoms with Crippen LogP contribution < -0.4 is 4.90 Å². The Morgan fingerprint density at radius 2 is 1.35 bits per heavy atom. The smallest absolute Gasteiger partial charge is 0.0496 e. The van der Waals surface area contributed by atoms with Gasteiger partial charge in [0.25, 0.3) is 0 Å². The van der Waals surface area contributed by atoms with Crippen molar-refractivity contribution in [2.75, 3.05) is 4.90 Å². The number of rotatable bonds is 5. The van der Waals surface area contributed by atoms with Gasteiger partial charge in [-0.1, -0.05) is 124 Å². The highest BCUT2D eigenvalue weighted by atomic mass is 15.1. The summed E-state index contributed by atoms with van der Waals surface area (Å²) in [5.41, 5.74) is 16.7. The van der Waals surface area contributed by atoms with Gasteiger partial charge in [-0.05, 0) is 136 Å². The van der Waals surface area contributed by atoms with Crippen LogP contribution in [0.1, 0.15) is 92.5 Å². The molecule has 9 rings (SSSR count). The Bertz CT molecular complexity index is 2140. The van der Waals surface area contributed by atoms with Gasteiger partial charge in [0.05, 0.1) is 0 Å². The van der Waals surface area contributed by atoms with Crippen molar-refractivity contribution < 1.29 is 0 Å². The van der Waals surface area contributed by atoms with Gasteiger partial charge in [-0.3, -0.25) is 0 Å². The van der Waals surface area contributed by atoms with Gasteiger partial charge in [0.1, 0.15) is 0 Å². The second-order valence-electron chi connectivity index (χ2n) is 15.0. The van der Waals surface area contributed by atoms with Crippen molar-refractivity contribution in [1.82, 2.24) is 0 Å². The lowest BCUT2D eigenvalue weighted by atomic mass is 9.81. The Morgan fingerprint density at radius 3 is 2.23 bits per heavy atom. The average molecular weight is 624 g/mol. The molecule has 3 aliphatic rings. The van der Waals surface area contributed by atoms with Crippen LogP contribution in [0.5, 0.6) is 0 Å². The van der Waals surface area contributed by atoms with E-state index in [1.54, 1.807) is 11.1 Å². The van der Waals surface area contributed by atoms with E-state index in [0.29, 0.717) is 5.92 Å². The summed E-state index contributed by atoms with van der Waals surface area (Å²) in [5, 5.41) is 2.67. The predicted molar refractivity (Wildman–Crippen MR) is 204 cm³/mol. The number of hydrogen-bond acceptors (Lipinski definition) is 1. The van der Waals surface area contributed by atoms with Crippen molar-refractivity contribution in [3.05, 3.63) is 149 Å². The second kappa shape index (κ2) is 11.8. The molecule has 0 N–H and O–H groups in total. The Hall–Kier alpha value is -4.62. The van der Waals surface area contributed by atoms with Crippen LogP contribution in [-0.4, -0.2) is 0 Å². The summed E-state index contributed by atoms with van der Waals surface area (Å²) in [5.74, 6) is 0.606. The minimum atomic E-state index is -0.0878. The number of nitrogens with zero attached hydrogens (tertiary/aromatic N) is 1. The highest BCUT2D eigenvalue weighted by molar-refractivity contribution is 6.03. The maximum absolute atomic E-state index is 2.56. The molecule has 0 amide bonds. The summed E-state index contributed by atoms with van der Waals surface area (Å²) >= 11 is 0. The molecule has 48 heavy (non-hydrogen) atoms. The third-order valence-corrected chi connectivity index (χ3v) is 11.9. The minimum Gasteiger partial charge on any atom is -0.310 e. The van der Waals surface area contributed by atoms with E-state index < -0.39 is 0 Å². The normalized spacial score (nSPS) is 16.7. The molecule has 0 aromatic heterocycles. The highest BCUT2D eigenvalue weighted by Crippen LogP contribution is 2.53. The van der Waals surface area contributed by atoms with E-state index in [0.717, 1.165) is 0 Å². The molecular weight excluding hydrogens is 579 g/mol. The Kier molecular flexibility index (Phi) is 7.26. The molecule has 0 bridgehead atoms. The van der Waals surface area contributed by atoms with Crippen molar-refractivity contribution >= 4 is 27.8 Å². The van der Waals surface area contributed by atoms with E-state index in [1.807, 2.05) is 0 Å². The Morgan fingerprint density at radius 1 is 0.583 bits per heavy atom. The summed E-state index contributed by atoms with van der Waals surface area (Å²) in [6.07, 6.45) is 11.6. The van der Waals surface area contributed by atoms with Crippen molar-refractivity contribution in [3.8, 4) is 22.3 Å². The largest absolute Gasteiger partial charge is 0.310 e. The van der Waals surface area contributed by atoms with Crippen molar-refractivity contribution in [3.63, 3.8) is 0 Å². The van der Waals surface area contributed by atoms with Crippen molar-refractivity contribution in [1.29, 1.82) is 0 Å². The zero-order chi connectivity index (χ0) is 32.2. The van der Waals surface area contributed by atoms with Gasteiger partial charge in [0.2, 0.25) is 0 Å². The molecule has 6 aromatic carbocycles. The minimum absolute atomic E-state index is 0.0878.